The van der Waals surface area contributed by atoms with Crippen LogP contribution in [0.3, 0.4) is 0 Å². The van der Waals surface area contributed by atoms with E-state index < -0.39 is 11.0 Å². The molecule has 0 unspecified atom stereocenters. The number of carbonyl (C=O) groups is 1. The Morgan fingerprint density at radius 3 is 2.44 bits per heavy atom. The quantitative estimate of drug-likeness (QED) is 0.603. The maximum atomic E-state index is 11.3. The van der Waals surface area contributed by atoms with Gasteiger partial charge in [-0.05, 0) is 12.0 Å². The summed E-state index contributed by atoms with van der Waals surface area (Å²) in [6, 6.07) is 5.56. The summed E-state index contributed by atoms with van der Waals surface area (Å²) in [5.74, 6) is -0.00153. The SMILES string of the molecule is CCC(=O)[C@@H](N)Cc1ccc([N+](=O)[O-])cc1. The summed E-state index contributed by atoms with van der Waals surface area (Å²) in [6.07, 6.45) is 0.832. The van der Waals surface area contributed by atoms with Crippen molar-refractivity contribution >= 4 is 11.5 Å². The average Bonchev–Trinajstić information content (AvgIpc) is 2.28. The van der Waals surface area contributed by atoms with E-state index in [1.165, 1.54) is 12.1 Å². The van der Waals surface area contributed by atoms with E-state index in [0.717, 1.165) is 5.56 Å². The molecule has 0 saturated heterocycles. The summed E-state index contributed by atoms with van der Waals surface area (Å²) < 4.78 is 0. The summed E-state index contributed by atoms with van der Waals surface area (Å²) in [5.41, 5.74) is 6.55. The van der Waals surface area contributed by atoms with Gasteiger partial charge in [-0.25, -0.2) is 0 Å². The number of non-ortho nitro benzene ring substituents is 1. The molecule has 1 aromatic rings. The van der Waals surface area contributed by atoms with E-state index in [4.69, 9.17) is 5.73 Å². The highest BCUT2D eigenvalue weighted by molar-refractivity contribution is 5.83. The van der Waals surface area contributed by atoms with Gasteiger partial charge in [-0.3, -0.25) is 14.9 Å². The van der Waals surface area contributed by atoms with Crippen molar-refractivity contribution < 1.29 is 9.72 Å². The lowest BCUT2D eigenvalue weighted by molar-refractivity contribution is -0.384. The zero-order chi connectivity index (χ0) is 12.1. The predicted octanol–water partition coefficient (Wildman–Crippen LogP) is 1.44. The Morgan fingerprint density at radius 2 is 2.00 bits per heavy atom. The molecule has 0 amide bonds. The number of hydrogen-bond acceptors (Lipinski definition) is 4. The van der Waals surface area contributed by atoms with E-state index in [1.807, 2.05) is 0 Å². The number of nitrogens with two attached hydrogens (primary N) is 1. The second kappa shape index (κ2) is 5.37. The van der Waals surface area contributed by atoms with Crippen LogP contribution in [0.2, 0.25) is 0 Å². The van der Waals surface area contributed by atoms with Crippen molar-refractivity contribution in [2.45, 2.75) is 25.8 Å². The number of nitro benzene ring substituents is 1. The minimum absolute atomic E-state index is 0.00153. The minimum Gasteiger partial charge on any atom is -0.321 e. The molecule has 0 spiro atoms. The number of hydrogen-bond donors (Lipinski definition) is 1. The lowest BCUT2D eigenvalue weighted by Gasteiger charge is -2.08. The lowest BCUT2D eigenvalue weighted by atomic mass is 10.0. The minimum atomic E-state index is -0.522. The Morgan fingerprint density at radius 1 is 1.44 bits per heavy atom. The molecule has 0 radical (unpaired) electrons. The molecule has 0 aliphatic heterocycles. The van der Waals surface area contributed by atoms with Crippen molar-refractivity contribution in [2.24, 2.45) is 5.73 Å². The number of nitrogens with zero attached hydrogens (tertiary/aromatic N) is 1. The number of benzene rings is 1. The standard InChI is InChI=1S/C11H14N2O3/c1-2-11(14)10(12)7-8-3-5-9(6-4-8)13(15)16/h3-6,10H,2,7,12H2,1H3/t10-/m0/s1. The second-order valence-electron chi connectivity index (χ2n) is 3.55. The van der Waals surface area contributed by atoms with Crippen molar-refractivity contribution in [1.29, 1.82) is 0 Å². The number of Topliss-reactive ketones (excluding diaryl/α,β-unsaturated/α-hetero) is 1. The third-order valence-electron chi connectivity index (χ3n) is 2.36. The summed E-state index contributed by atoms with van der Waals surface area (Å²) in [4.78, 5) is 21.2. The van der Waals surface area contributed by atoms with Crippen LogP contribution in [0.15, 0.2) is 24.3 Å². The smallest absolute Gasteiger partial charge is 0.269 e. The Kier molecular flexibility index (Phi) is 4.13. The topological polar surface area (TPSA) is 86.2 Å². The molecule has 0 saturated carbocycles. The number of rotatable bonds is 5. The van der Waals surface area contributed by atoms with Crippen molar-refractivity contribution in [1.82, 2.24) is 0 Å². The number of ketones is 1. The molecule has 16 heavy (non-hydrogen) atoms. The lowest BCUT2D eigenvalue weighted by Crippen LogP contribution is -2.32. The Labute approximate surface area is 93.4 Å². The monoisotopic (exact) mass is 222 g/mol. The predicted molar refractivity (Wildman–Crippen MR) is 60.1 cm³/mol. The van der Waals surface area contributed by atoms with Crippen molar-refractivity contribution in [2.75, 3.05) is 0 Å². The van der Waals surface area contributed by atoms with Gasteiger partial charge in [0.15, 0.2) is 0 Å². The fraction of sp³-hybridized carbons (Fsp3) is 0.364. The first-order chi connectivity index (χ1) is 7.54. The van der Waals surface area contributed by atoms with E-state index in [-0.39, 0.29) is 11.5 Å². The molecule has 1 rings (SSSR count). The highest BCUT2D eigenvalue weighted by atomic mass is 16.6. The van der Waals surface area contributed by atoms with Gasteiger partial charge in [0, 0.05) is 18.6 Å². The van der Waals surface area contributed by atoms with Crippen LogP contribution in [0, 0.1) is 10.1 Å². The van der Waals surface area contributed by atoms with E-state index >= 15 is 0 Å². The summed E-state index contributed by atoms with van der Waals surface area (Å²) in [5, 5.41) is 10.4. The van der Waals surface area contributed by atoms with Crippen molar-refractivity contribution in [3.8, 4) is 0 Å². The van der Waals surface area contributed by atoms with Crippen LogP contribution < -0.4 is 5.73 Å². The van der Waals surface area contributed by atoms with Crippen LogP contribution >= 0.6 is 0 Å². The summed E-state index contributed by atoms with van der Waals surface area (Å²) in [7, 11) is 0. The molecular weight excluding hydrogens is 208 g/mol. The Hall–Kier alpha value is -1.75. The fourth-order valence-electron chi connectivity index (χ4n) is 1.38. The van der Waals surface area contributed by atoms with Gasteiger partial charge >= 0.3 is 0 Å². The average molecular weight is 222 g/mol. The first-order valence-electron chi connectivity index (χ1n) is 5.06. The van der Waals surface area contributed by atoms with Gasteiger partial charge < -0.3 is 5.73 Å². The molecular formula is C11H14N2O3. The Bertz CT molecular complexity index is 387. The third kappa shape index (κ3) is 3.13. The molecule has 0 heterocycles. The molecule has 86 valence electrons. The third-order valence-corrected chi connectivity index (χ3v) is 2.36. The molecule has 1 aromatic carbocycles. The van der Waals surface area contributed by atoms with Gasteiger partial charge in [0.05, 0.1) is 11.0 Å². The van der Waals surface area contributed by atoms with Crippen LogP contribution in [0.25, 0.3) is 0 Å². The molecule has 1 atom stereocenters. The molecule has 5 heteroatoms. The largest absolute Gasteiger partial charge is 0.321 e. The molecule has 0 aliphatic carbocycles. The van der Waals surface area contributed by atoms with Gasteiger partial charge in [-0.2, -0.15) is 0 Å². The highest BCUT2D eigenvalue weighted by Gasteiger charge is 2.12. The molecule has 0 aliphatic rings. The van der Waals surface area contributed by atoms with E-state index in [0.29, 0.717) is 12.8 Å². The summed E-state index contributed by atoms with van der Waals surface area (Å²) >= 11 is 0. The van der Waals surface area contributed by atoms with Crippen molar-refractivity contribution in [3.63, 3.8) is 0 Å². The normalized spacial score (nSPS) is 12.1. The first kappa shape index (κ1) is 12.3. The van der Waals surface area contributed by atoms with E-state index in [1.54, 1.807) is 19.1 Å². The first-order valence-corrected chi connectivity index (χ1v) is 5.06. The second-order valence-corrected chi connectivity index (χ2v) is 3.55. The zero-order valence-corrected chi connectivity index (χ0v) is 9.05. The van der Waals surface area contributed by atoms with Gasteiger partial charge in [0.2, 0.25) is 0 Å². The van der Waals surface area contributed by atoms with E-state index in [9.17, 15) is 14.9 Å². The molecule has 0 fully saturated rings. The van der Waals surface area contributed by atoms with Crippen LogP contribution in [-0.4, -0.2) is 16.7 Å². The van der Waals surface area contributed by atoms with Gasteiger partial charge in [0.25, 0.3) is 5.69 Å². The summed E-state index contributed by atoms with van der Waals surface area (Å²) in [6.45, 7) is 1.76. The van der Waals surface area contributed by atoms with Crippen LogP contribution in [0.1, 0.15) is 18.9 Å². The zero-order valence-electron chi connectivity index (χ0n) is 9.05. The van der Waals surface area contributed by atoms with Crippen LogP contribution in [-0.2, 0) is 11.2 Å². The van der Waals surface area contributed by atoms with Crippen LogP contribution in [0.4, 0.5) is 5.69 Å². The molecule has 0 bridgehead atoms. The highest BCUT2D eigenvalue weighted by Crippen LogP contribution is 2.13. The van der Waals surface area contributed by atoms with Crippen molar-refractivity contribution in [3.05, 3.63) is 39.9 Å². The molecule has 2 N–H and O–H groups in total. The number of carbonyl (C=O) groups excluding carboxylic acids is 1. The maximum absolute atomic E-state index is 11.3. The van der Waals surface area contributed by atoms with Gasteiger partial charge in [0.1, 0.15) is 5.78 Å². The fourth-order valence-corrected chi connectivity index (χ4v) is 1.38. The van der Waals surface area contributed by atoms with Crippen LogP contribution in [0.5, 0.6) is 0 Å². The number of nitro groups is 1. The van der Waals surface area contributed by atoms with Gasteiger partial charge in [-0.15, -0.1) is 0 Å². The Balaban J connectivity index is 2.68. The molecule has 0 aromatic heterocycles. The van der Waals surface area contributed by atoms with E-state index in [2.05, 4.69) is 0 Å². The van der Waals surface area contributed by atoms with Gasteiger partial charge in [-0.1, -0.05) is 19.1 Å². The molecule has 5 nitrogen and oxygen atoms in total. The maximum Gasteiger partial charge on any atom is 0.269 e.